The summed E-state index contributed by atoms with van der Waals surface area (Å²) in [4.78, 5) is 31.7. The van der Waals surface area contributed by atoms with Crippen LogP contribution in [0.5, 0.6) is 0 Å². The molecule has 1 aromatic carbocycles. The third-order valence-corrected chi connectivity index (χ3v) is 8.33. The zero-order chi connectivity index (χ0) is 26.5. The van der Waals surface area contributed by atoms with E-state index in [1.807, 2.05) is 18.2 Å². The van der Waals surface area contributed by atoms with Crippen molar-refractivity contribution in [3.8, 4) is 33.2 Å². The average Bonchev–Trinajstić information content (AvgIpc) is 3.75. The van der Waals surface area contributed by atoms with E-state index < -0.39 is 5.82 Å². The molecule has 10 heteroatoms. The molecule has 1 aliphatic carbocycles. The second-order valence-electron chi connectivity index (χ2n) is 9.91. The summed E-state index contributed by atoms with van der Waals surface area (Å²) >= 11 is 1.70. The van der Waals surface area contributed by atoms with Gasteiger partial charge < -0.3 is 10.3 Å². The molecule has 194 valence electrons. The first-order valence-corrected chi connectivity index (χ1v) is 13.7. The zero-order valence-corrected chi connectivity index (χ0v) is 21.9. The standard InChI is InChI=1S/C29H24FN7OS/c1-15-9-10-22(39-15)19-7-4-8-20-26(19)35-28(34-20)27-23-21(36-37-27)14-32-25(24(23)30)17-11-18(13-31-12-17)33-29(38)16-5-2-3-6-16/h4,7-14,16H,2-3,5-6H2,1H3,(H,33,38)(H,34,35)(H,36,37). The minimum atomic E-state index is -0.535. The first-order chi connectivity index (χ1) is 19.0. The molecular weight excluding hydrogens is 513 g/mol. The van der Waals surface area contributed by atoms with Crippen LogP contribution < -0.4 is 5.32 Å². The number of carbonyl (C=O) groups is 1. The number of aromatic amines is 2. The van der Waals surface area contributed by atoms with E-state index in [1.54, 1.807) is 36.0 Å². The predicted molar refractivity (Wildman–Crippen MR) is 151 cm³/mol. The molecule has 0 radical (unpaired) electrons. The van der Waals surface area contributed by atoms with E-state index in [0.29, 0.717) is 28.3 Å². The molecule has 1 aliphatic rings. The minimum absolute atomic E-state index is 0.0153. The minimum Gasteiger partial charge on any atom is -0.337 e. The number of hydrogen-bond acceptors (Lipinski definition) is 6. The van der Waals surface area contributed by atoms with Gasteiger partial charge in [0, 0.05) is 33.0 Å². The molecule has 5 aromatic heterocycles. The number of para-hydroxylation sites is 1. The Hall–Kier alpha value is -4.44. The van der Waals surface area contributed by atoms with Gasteiger partial charge in [-0.05, 0) is 44.0 Å². The fourth-order valence-electron chi connectivity index (χ4n) is 5.34. The topological polar surface area (TPSA) is 112 Å². The molecule has 1 amide bonds. The first kappa shape index (κ1) is 23.7. The van der Waals surface area contributed by atoms with E-state index in [4.69, 9.17) is 4.98 Å². The fraction of sp³-hybridized carbons (Fsp3) is 0.207. The lowest BCUT2D eigenvalue weighted by Gasteiger charge is -2.11. The smallest absolute Gasteiger partial charge is 0.227 e. The number of H-pyrrole nitrogens is 2. The zero-order valence-electron chi connectivity index (χ0n) is 21.1. The Balaban J connectivity index is 1.28. The molecule has 7 rings (SSSR count). The molecule has 0 unspecified atom stereocenters. The molecule has 5 heterocycles. The molecule has 1 saturated carbocycles. The van der Waals surface area contributed by atoms with E-state index >= 15 is 4.39 Å². The number of fused-ring (bicyclic) bond motifs is 2. The quantitative estimate of drug-likeness (QED) is 0.222. The molecule has 0 bridgehead atoms. The van der Waals surface area contributed by atoms with Crippen molar-refractivity contribution in [2.75, 3.05) is 5.32 Å². The van der Waals surface area contributed by atoms with Gasteiger partial charge in [-0.15, -0.1) is 11.3 Å². The maximum absolute atomic E-state index is 16.1. The number of pyridine rings is 2. The second kappa shape index (κ2) is 9.39. The number of carbonyl (C=O) groups excluding carboxylic acids is 1. The highest BCUT2D eigenvalue weighted by molar-refractivity contribution is 7.15. The van der Waals surface area contributed by atoms with E-state index in [9.17, 15) is 4.79 Å². The van der Waals surface area contributed by atoms with Gasteiger partial charge in [-0.25, -0.2) is 9.37 Å². The lowest BCUT2D eigenvalue weighted by molar-refractivity contribution is -0.119. The van der Waals surface area contributed by atoms with Crippen LogP contribution in [0.15, 0.2) is 55.0 Å². The van der Waals surface area contributed by atoms with Crippen LogP contribution in [0.1, 0.15) is 30.6 Å². The van der Waals surface area contributed by atoms with E-state index in [0.717, 1.165) is 47.2 Å². The van der Waals surface area contributed by atoms with Gasteiger partial charge in [-0.3, -0.25) is 19.9 Å². The van der Waals surface area contributed by atoms with Crippen molar-refractivity contribution in [1.29, 1.82) is 0 Å². The highest BCUT2D eigenvalue weighted by Crippen LogP contribution is 2.36. The summed E-state index contributed by atoms with van der Waals surface area (Å²) in [5.41, 5.74) is 4.59. The Morgan fingerprint density at radius 3 is 2.77 bits per heavy atom. The van der Waals surface area contributed by atoms with Gasteiger partial charge in [-0.1, -0.05) is 25.0 Å². The summed E-state index contributed by atoms with van der Waals surface area (Å²) < 4.78 is 16.1. The third kappa shape index (κ3) is 4.17. The van der Waals surface area contributed by atoms with Crippen molar-refractivity contribution in [3.05, 3.63) is 65.7 Å². The van der Waals surface area contributed by atoms with Gasteiger partial charge in [0.2, 0.25) is 5.91 Å². The number of amides is 1. The van der Waals surface area contributed by atoms with Crippen LogP contribution in [0.3, 0.4) is 0 Å². The second-order valence-corrected chi connectivity index (χ2v) is 11.2. The van der Waals surface area contributed by atoms with Crippen LogP contribution in [-0.4, -0.2) is 36.0 Å². The lowest BCUT2D eigenvalue weighted by atomic mass is 10.1. The van der Waals surface area contributed by atoms with Crippen LogP contribution in [0.2, 0.25) is 0 Å². The largest absolute Gasteiger partial charge is 0.337 e. The number of anilines is 1. The van der Waals surface area contributed by atoms with Crippen LogP contribution in [0, 0.1) is 18.7 Å². The maximum Gasteiger partial charge on any atom is 0.227 e. The molecule has 0 atom stereocenters. The van der Waals surface area contributed by atoms with Crippen molar-refractivity contribution < 1.29 is 9.18 Å². The van der Waals surface area contributed by atoms with Gasteiger partial charge >= 0.3 is 0 Å². The van der Waals surface area contributed by atoms with Gasteiger partial charge in [-0.2, -0.15) is 5.10 Å². The van der Waals surface area contributed by atoms with Crippen molar-refractivity contribution >= 4 is 44.9 Å². The predicted octanol–water partition coefficient (Wildman–Crippen LogP) is 6.87. The van der Waals surface area contributed by atoms with Crippen molar-refractivity contribution in [2.45, 2.75) is 32.6 Å². The summed E-state index contributed by atoms with van der Waals surface area (Å²) in [6.07, 6.45) is 8.58. The Morgan fingerprint density at radius 2 is 1.95 bits per heavy atom. The number of benzene rings is 1. The summed E-state index contributed by atoms with van der Waals surface area (Å²) in [5.74, 6) is -0.0773. The lowest BCUT2D eigenvalue weighted by Crippen LogP contribution is -2.20. The number of halogens is 1. The van der Waals surface area contributed by atoms with Gasteiger partial charge in [0.05, 0.1) is 40.0 Å². The Bertz CT molecular complexity index is 1860. The van der Waals surface area contributed by atoms with E-state index in [2.05, 4.69) is 49.5 Å². The van der Waals surface area contributed by atoms with Crippen LogP contribution in [0.25, 0.3) is 55.2 Å². The SMILES string of the molecule is Cc1ccc(-c2cccc3[nH]c(-c4n[nH]c5cnc(-c6cncc(NC(=O)C7CCCC7)c6)c(F)c45)nc23)s1. The van der Waals surface area contributed by atoms with Crippen LogP contribution >= 0.6 is 11.3 Å². The number of imidazole rings is 1. The average molecular weight is 538 g/mol. The van der Waals surface area contributed by atoms with Crippen molar-refractivity contribution in [3.63, 3.8) is 0 Å². The monoisotopic (exact) mass is 537 g/mol. The molecule has 0 aliphatic heterocycles. The van der Waals surface area contributed by atoms with E-state index in [1.165, 1.54) is 4.88 Å². The highest BCUT2D eigenvalue weighted by Gasteiger charge is 2.24. The number of thiophene rings is 1. The number of aromatic nitrogens is 6. The summed E-state index contributed by atoms with van der Waals surface area (Å²) in [6, 6.07) is 11.8. The molecule has 1 fully saturated rings. The first-order valence-electron chi connectivity index (χ1n) is 12.9. The van der Waals surface area contributed by atoms with E-state index in [-0.39, 0.29) is 22.9 Å². The number of rotatable bonds is 5. The molecule has 3 N–H and O–H groups in total. The van der Waals surface area contributed by atoms with Gasteiger partial charge in [0.25, 0.3) is 0 Å². The fourth-order valence-corrected chi connectivity index (χ4v) is 6.23. The molecule has 39 heavy (non-hydrogen) atoms. The van der Waals surface area contributed by atoms with Gasteiger partial charge in [0.1, 0.15) is 11.4 Å². The van der Waals surface area contributed by atoms with Crippen molar-refractivity contribution in [1.82, 2.24) is 30.1 Å². The van der Waals surface area contributed by atoms with Crippen LogP contribution in [-0.2, 0) is 4.79 Å². The molecule has 6 aromatic rings. The molecule has 8 nitrogen and oxygen atoms in total. The number of nitrogens with zero attached hydrogens (tertiary/aromatic N) is 4. The summed E-state index contributed by atoms with van der Waals surface area (Å²) in [6.45, 7) is 2.07. The highest BCUT2D eigenvalue weighted by atomic mass is 32.1. The molecule has 0 spiro atoms. The Morgan fingerprint density at radius 1 is 1.08 bits per heavy atom. The number of nitrogens with one attached hydrogen (secondary N) is 3. The summed E-state index contributed by atoms with van der Waals surface area (Å²) in [7, 11) is 0. The van der Waals surface area contributed by atoms with Crippen molar-refractivity contribution in [2.24, 2.45) is 5.92 Å². The number of aryl methyl sites for hydroxylation is 1. The third-order valence-electron chi connectivity index (χ3n) is 7.29. The maximum atomic E-state index is 16.1. The summed E-state index contributed by atoms with van der Waals surface area (Å²) in [5, 5.41) is 10.5. The Labute approximate surface area is 226 Å². The Kier molecular flexibility index (Phi) is 5.70. The molecule has 0 saturated heterocycles. The number of hydrogen-bond donors (Lipinski definition) is 3. The van der Waals surface area contributed by atoms with Crippen LogP contribution in [0.4, 0.5) is 10.1 Å². The molecular formula is C29H24FN7OS. The van der Waals surface area contributed by atoms with Gasteiger partial charge in [0.15, 0.2) is 11.6 Å². The normalized spacial score (nSPS) is 14.0.